The van der Waals surface area contributed by atoms with Crippen LogP contribution in [0.1, 0.15) is 15.9 Å². The zero-order valence-corrected chi connectivity index (χ0v) is 14.4. The van der Waals surface area contributed by atoms with E-state index in [9.17, 15) is 26.4 Å². The molecule has 0 aliphatic carbocycles. The van der Waals surface area contributed by atoms with Crippen LogP contribution in [0.15, 0.2) is 47.6 Å². The van der Waals surface area contributed by atoms with Gasteiger partial charge in [-0.25, -0.2) is 13.4 Å². The van der Waals surface area contributed by atoms with Gasteiger partial charge in [0.25, 0.3) is 15.7 Å². The molecule has 1 N–H and O–H groups in total. The smallest absolute Gasteiger partial charge is 0.492 e. The molecular weight excluding hydrogens is 373 g/mol. The van der Waals surface area contributed by atoms with Crippen molar-refractivity contribution in [3.05, 3.63) is 53.7 Å². The van der Waals surface area contributed by atoms with Gasteiger partial charge in [0.2, 0.25) is 0 Å². The number of carbonyl (C=O) groups excluding carboxylic acids is 1. The predicted molar refractivity (Wildman–Crippen MR) is 86.5 cm³/mol. The van der Waals surface area contributed by atoms with Crippen LogP contribution in [0.4, 0.5) is 13.2 Å². The van der Waals surface area contributed by atoms with Crippen molar-refractivity contribution < 1.29 is 31.1 Å². The molecule has 0 spiro atoms. The number of ether oxygens (including phenoxy) is 1. The SMILES string of the molecule is Cc1ccc(OCCNC(=O)c2cccnc2S(=O)(=O)C(F)(F)F)cc1. The molecule has 140 valence electrons. The van der Waals surface area contributed by atoms with Crippen LogP contribution in [0.25, 0.3) is 0 Å². The second-order valence-corrected chi connectivity index (χ2v) is 7.08. The molecule has 0 saturated heterocycles. The highest BCUT2D eigenvalue weighted by molar-refractivity contribution is 7.92. The zero-order chi connectivity index (χ0) is 19.4. The first-order valence-electron chi connectivity index (χ1n) is 7.37. The molecule has 1 heterocycles. The minimum absolute atomic E-state index is 0.0346. The molecule has 1 aromatic carbocycles. The van der Waals surface area contributed by atoms with E-state index in [2.05, 4.69) is 10.3 Å². The number of aryl methyl sites for hydroxylation is 1. The molecule has 6 nitrogen and oxygen atoms in total. The lowest BCUT2D eigenvalue weighted by Crippen LogP contribution is -2.32. The van der Waals surface area contributed by atoms with Crippen molar-refractivity contribution in [1.29, 1.82) is 0 Å². The number of hydrogen-bond donors (Lipinski definition) is 1. The Morgan fingerprint density at radius 2 is 1.85 bits per heavy atom. The number of hydrogen-bond acceptors (Lipinski definition) is 5. The molecule has 0 aliphatic rings. The van der Waals surface area contributed by atoms with Crippen molar-refractivity contribution in [3.8, 4) is 5.75 Å². The molecule has 2 rings (SSSR count). The molecule has 0 atom stereocenters. The first-order valence-corrected chi connectivity index (χ1v) is 8.85. The lowest BCUT2D eigenvalue weighted by molar-refractivity contribution is -0.0438. The van der Waals surface area contributed by atoms with E-state index in [1.807, 2.05) is 19.1 Å². The number of nitrogens with zero attached hydrogens (tertiary/aromatic N) is 1. The Balaban J connectivity index is 2.03. The summed E-state index contributed by atoms with van der Waals surface area (Å²) in [6, 6.07) is 9.25. The highest BCUT2D eigenvalue weighted by Gasteiger charge is 2.49. The van der Waals surface area contributed by atoms with Gasteiger partial charge in [-0.3, -0.25) is 4.79 Å². The Morgan fingerprint density at radius 3 is 2.46 bits per heavy atom. The normalized spacial score (nSPS) is 11.8. The fourth-order valence-electron chi connectivity index (χ4n) is 1.95. The van der Waals surface area contributed by atoms with Gasteiger partial charge in [0.1, 0.15) is 12.4 Å². The summed E-state index contributed by atoms with van der Waals surface area (Å²) in [5.74, 6) is -0.431. The fourth-order valence-corrected chi connectivity index (χ4v) is 2.82. The second-order valence-electron chi connectivity index (χ2n) is 5.22. The Labute approximate surface area is 147 Å². The third-order valence-electron chi connectivity index (χ3n) is 3.25. The number of carbonyl (C=O) groups is 1. The van der Waals surface area contributed by atoms with Crippen LogP contribution in [0, 0.1) is 6.92 Å². The van der Waals surface area contributed by atoms with Gasteiger partial charge in [0, 0.05) is 6.20 Å². The third kappa shape index (κ3) is 4.51. The van der Waals surface area contributed by atoms with Crippen LogP contribution in [0.5, 0.6) is 5.75 Å². The molecule has 0 aliphatic heterocycles. The van der Waals surface area contributed by atoms with Crippen molar-refractivity contribution in [2.45, 2.75) is 17.5 Å². The van der Waals surface area contributed by atoms with Gasteiger partial charge in [-0.2, -0.15) is 13.2 Å². The molecule has 10 heteroatoms. The van der Waals surface area contributed by atoms with E-state index >= 15 is 0 Å². The lowest BCUT2D eigenvalue weighted by Gasteiger charge is -2.12. The number of nitrogens with one attached hydrogen (secondary N) is 1. The maximum Gasteiger partial charge on any atom is 0.503 e. The van der Waals surface area contributed by atoms with E-state index in [1.165, 1.54) is 6.07 Å². The van der Waals surface area contributed by atoms with E-state index in [0.717, 1.165) is 17.8 Å². The van der Waals surface area contributed by atoms with E-state index in [0.29, 0.717) is 5.75 Å². The van der Waals surface area contributed by atoms with E-state index in [4.69, 9.17) is 4.74 Å². The second kappa shape index (κ2) is 7.73. The number of amides is 1. The topological polar surface area (TPSA) is 85.4 Å². The molecule has 1 amide bonds. The highest BCUT2D eigenvalue weighted by Crippen LogP contribution is 2.30. The van der Waals surface area contributed by atoms with Gasteiger partial charge in [-0.1, -0.05) is 17.7 Å². The number of sulfone groups is 1. The number of aromatic nitrogens is 1. The summed E-state index contributed by atoms with van der Waals surface area (Å²) in [5, 5.41) is 0.980. The first kappa shape index (κ1) is 19.7. The van der Waals surface area contributed by atoms with Crippen LogP contribution in [-0.4, -0.2) is 38.0 Å². The van der Waals surface area contributed by atoms with Crippen LogP contribution < -0.4 is 10.1 Å². The number of benzene rings is 1. The van der Waals surface area contributed by atoms with Crippen molar-refractivity contribution in [1.82, 2.24) is 10.3 Å². The van der Waals surface area contributed by atoms with Crippen LogP contribution >= 0.6 is 0 Å². The Hall–Kier alpha value is -2.62. The van der Waals surface area contributed by atoms with Crippen LogP contribution in [0.2, 0.25) is 0 Å². The van der Waals surface area contributed by atoms with Gasteiger partial charge in [0.05, 0.1) is 12.1 Å². The van der Waals surface area contributed by atoms with Crippen molar-refractivity contribution >= 4 is 15.7 Å². The van der Waals surface area contributed by atoms with E-state index in [-0.39, 0.29) is 13.2 Å². The summed E-state index contributed by atoms with van der Waals surface area (Å²) in [7, 11) is -5.73. The maximum absolute atomic E-state index is 12.7. The molecule has 0 unspecified atom stereocenters. The molecule has 0 saturated carbocycles. The lowest BCUT2D eigenvalue weighted by atomic mass is 10.2. The zero-order valence-electron chi connectivity index (χ0n) is 13.6. The average Bonchev–Trinajstić information content (AvgIpc) is 2.59. The Kier molecular flexibility index (Phi) is 5.86. The Morgan fingerprint density at radius 1 is 1.19 bits per heavy atom. The average molecular weight is 388 g/mol. The summed E-state index contributed by atoms with van der Waals surface area (Å²) < 4.78 is 66.5. The fraction of sp³-hybridized carbons (Fsp3) is 0.250. The minimum Gasteiger partial charge on any atom is -0.492 e. The number of alkyl halides is 3. The number of pyridine rings is 1. The quantitative estimate of drug-likeness (QED) is 0.769. The summed E-state index contributed by atoms with van der Waals surface area (Å²) >= 11 is 0. The van der Waals surface area contributed by atoms with E-state index < -0.39 is 31.8 Å². The molecule has 0 fully saturated rings. The van der Waals surface area contributed by atoms with Gasteiger partial charge in [0.15, 0.2) is 5.03 Å². The Bertz CT molecular complexity index is 881. The first-order chi connectivity index (χ1) is 12.1. The minimum atomic E-state index is -5.73. The monoisotopic (exact) mass is 388 g/mol. The number of halogens is 3. The van der Waals surface area contributed by atoms with Gasteiger partial charge in [-0.05, 0) is 31.2 Å². The van der Waals surface area contributed by atoms with Gasteiger partial charge < -0.3 is 10.1 Å². The van der Waals surface area contributed by atoms with E-state index in [1.54, 1.807) is 12.1 Å². The molecular formula is C16H15F3N2O4S. The summed E-state index contributed by atoms with van der Waals surface area (Å²) in [5.41, 5.74) is -5.19. The molecule has 0 radical (unpaired) electrons. The van der Waals surface area contributed by atoms with Crippen molar-refractivity contribution in [2.24, 2.45) is 0 Å². The van der Waals surface area contributed by atoms with Crippen LogP contribution in [0.3, 0.4) is 0 Å². The third-order valence-corrected chi connectivity index (χ3v) is 4.70. The van der Waals surface area contributed by atoms with Crippen LogP contribution in [-0.2, 0) is 9.84 Å². The summed E-state index contributed by atoms with van der Waals surface area (Å²) in [4.78, 5) is 15.3. The summed E-state index contributed by atoms with van der Waals surface area (Å²) in [6.45, 7) is 1.92. The molecule has 0 bridgehead atoms. The molecule has 2 aromatic rings. The van der Waals surface area contributed by atoms with Gasteiger partial charge in [-0.15, -0.1) is 0 Å². The van der Waals surface area contributed by atoms with Crippen molar-refractivity contribution in [2.75, 3.05) is 13.2 Å². The predicted octanol–water partition coefficient (Wildman–Crippen LogP) is 2.49. The summed E-state index contributed by atoms with van der Waals surface area (Å²) in [6.07, 6.45) is 0.871. The largest absolute Gasteiger partial charge is 0.503 e. The highest BCUT2D eigenvalue weighted by atomic mass is 32.2. The molecule has 26 heavy (non-hydrogen) atoms. The molecule has 1 aromatic heterocycles. The standard InChI is InChI=1S/C16H15F3N2O4S/c1-11-4-6-12(7-5-11)25-10-9-20-14(22)13-3-2-8-21-15(13)26(23,24)16(17,18)19/h2-8H,9-10H2,1H3,(H,20,22). The van der Waals surface area contributed by atoms with Crippen molar-refractivity contribution in [3.63, 3.8) is 0 Å². The maximum atomic E-state index is 12.7. The number of rotatable bonds is 6. The van der Waals surface area contributed by atoms with Gasteiger partial charge >= 0.3 is 5.51 Å².